The van der Waals surface area contributed by atoms with E-state index in [0.29, 0.717) is 6.04 Å². The Kier molecular flexibility index (Phi) is 5.73. The number of thiophene rings is 1. The van der Waals surface area contributed by atoms with Crippen molar-refractivity contribution in [2.45, 2.75) is 39.7 Å². The second kappa shape index (κ2) is 7.55. The average Bonchev–Trinajstić information content (AvgIpc) is 2.93. The van der Waals surface area contributed by atoms with Crippen molar-refractivity contribution < 1.29 is 0 Å². The number of hydrogen-bond acceptors (Lipinski definition) is 5. The number of hydrogen-bond donors (Lipinski definition) is 1. The SMILES string of the molecule is CCN(CC)CCCC(C)Nc1ncnc2ccsc12. The minimum Gasteiger partial charge on any atom is -0.366 e. The first kappa shape index (κ1) is 15.2. The molecule has 20 heavy (non-hydrogen) atoms. The summed E-state index contributed by atoms with van der Waals surface area (Å²) in [6.07, 6.45) is 4.02. The molecule has 0 aliphatic rings. The predicted molar refractivity (Wildman–Crippen MR) is 87.5 cm³/mol. The highest BCUT2D eigenvalue weighted by atomic mass is 32.1. The van der Waals surface area contributed by atoms with Gasteiger partial charge >= 0.3 is 0 Å². The van der Waals surface area contributed by atoms with Crippen molar-refractivity contribution in [1.29, 1.82) is 0 Å². The van der Waals surface area contributed by atoms with Crippen molar-refractivity contribution >= 4 is 27.4 Å². The van der Waals surface area contributed by atoms with Gasteiger partial charge < -0.3 is 10.2 Å². The van der Waals surface area contributed by atoms with Crippen LogP contribution in [-0.2, 0) is 0 Å². The van der Waals surface area contributed by atoms with E-state index in [1.807, 2.05) is 6.07 Å². The Hall–Kier alpha value is -1.20. The van der Waals surface area contributed by atoms with Crippen LogP contribution in [0.15, 0.2) is 17.8 Å². The van der Waals surface area contributed by atoms with Gasteiger partial charge in [0.2, 0.25) is 0 Å². The molecule has 1 N–H and O–H groups in total. The molecule has 0 amide bonds. The number of nitrogens with one attached hydrogen (secondary N) is 1. The lowest BCUT2D eigenvalue weighted by Gasteiger charge is -2.20. The summed E-state index contributed by atoms with van der Waals surface area (Å²) in [7, 11) is 0. The first-order valence-electron chi connectivity index (χ1n) is 7.41. The summed E-state index contributed by atoms with van der Waals surface area (Å²) in [5, 5.41) is 5.59. The van der Waals surface area contributed by atoms with Gasteiger partial charge in [-0.1, -0.05) is 13.8 Å². The Morgan fingerprint density at radius 3 is 2.85 bits per heavy atom. The molecule has 1 unspecified atom stereocenters. The third kappa shape index (κ3) is 3.90. The zero-order chi connectivity index (χ0) is 14.4. The highest BCUT2D eigenvalue weighted by molar-refractivity contribution is 7.17. The number of rotatable bonds is 8. The van der Waals surface area contributed by atoms with Crippen molar-refractivity contribution in [1.82, 2.24) is 14.9 Å². The van der Waals surface area contributed by atoms with Crippen molar-refractivity contribution in [3.63, 3.8) is 0 Å². The second-order valence-electron chi connectivity index (χ2n) is 5.07. The van der Waals surface area contributed by atoms with Gasteiger partial charge in [0.15, 0.2) is 0 Å². The summed E-state index contributed by atoms with van der Waals surface area (Å²) >= 11 is 1.70. The Bertz CT molecular complexity index is 521. The molecular formula is C15H24N4S. The van der Waals surface area contributed by atoms with Gasteiger partial charge in [-0.05, 0) is 50.8 Å². The molecule has 0 saturated carbocycles. The van der Waals surface area contributed by atoms with Crippen LogP contribution in [0.25, 0.3) is 10.2 Å². The molecule has 0 radical (unpaired) electrons. The molecular weight excluding hydrogens is 268 g/mol. The smallest absolute Gasteiger partial charge is 0.147 e. The molecule has 0 aromatic carbocycles. The standard InChI is InChI=1S/C15H24N4S/c1-4-19(5-2)9-6-7-12(3)18-15-14-13(8-10-20-14)16-11-17-15/h8,10-12H,4-7,9H2,1-3H3,(H,16,17,18). The molecule has 2 aromatic heterocycles. The van der Waals surface area contributed by atoms with E-state index < -0.39 is 0 Å². The Morgan fingerprint density at radius 2 is 2.10 bits per heavy atom. The van der Waals surface area contributed by atoms with Crippen LogP contribution >= 0.6 is 11.3 Å². The number of aromatic nitrogens is 2. The van der Waals surface area contributed by atoms with Crippen LogP contribution < -0.4 is 5.32 Å². The highest BCUT2D eigenvalue weighted by Crippen LogP contribution is 2.25. The fourth-order valence-electron chi connectivity index (χ4n) is 2.36. The van der Waals surface area contributed by atoms with Crippen LogP contribution in [0.5, 0.6) is 0 Å². The second-order valence-corrected chi connectivity index (χ2v) is 5.99. The van der Waals surface area contributed by atoms with Crippen LogP contribution in [0.4, 0.5) is 5.82 Å². The molecule has 0 bridgehead atoms. The van der Waals surface area contributed by atoms with Gasteiger partial charge in [-0.15, -0.1) is 11.3 Å². The summed E-state index contributed by atoms with van der Waals surface area (Å²) in [5.74, 6) is 0.973. The fraction of sp³-hybridized carbons (Fsp3) is 0.600. The number of anilines is 1. The topological polar surface area (TPSA) is 41.0 Å². The minimum atomic E-state index is 0.436. The van der Waals surface area contributed by atoms with Crippen LogP contribution in [0, 0.1) is 0 Å². The van der Waals surface area contributed by atoms with E-state index in [4.69, 9.17) is 0 Å². The van der Waals surface area contributed by atoms with Gasteiger partial charge in [-0.3, -0.25) is 0 Å². The maximum absolute atomic E-state index is 4.37. The average molecular weight is 292 g/mol. The number of nitrogens with zero attached hydrogens (tertiary/aromatic N) is 3. The van der Waals surface area contributed by atoms with E-state index in [1.54, 1.807) is 17.7 Å². The maximum Gasteiger partial charge on any atom is 0.147 e. The predicted octanol–water partition coefficient (Wildman–Crippen LogP) is 3.61. The monoisotopic (exact) mass is 292 g/mol. The lowest BCUT2D eigenvalue weighted by Crippen LogP contribution is -2.25. The van der Waals surface area contributed by atoms with Gasteiger partial charge in [0.25, 0.3) is 0 Å². The molecule has 2 aromatic rings. The molecule has 0 spiro atoms. The molecule has 4 nitrogen and oxygen atoms in total. The van der Waals surface area contributed by atoms with E-state index in [-0.39, 0.29) is 0 Å². The zero-order valence-electron chi connectivity index (χ0n) is 12.6. The molecule has 0 aliphatic heterocycles. The first-order chi connectivity index (χ1) is 9.74. The summed E-state index contributed by atoms with van der Waals surface area (Å²) < 4.78 is 1.16. The summed E-state index contributed by atoms with van der Waals surface area (Å²) in [4.78, 5) is 11.1. The van der Waals surface area contributed by atoms with Crippen molar-refractivity contribution in [2.75, 3.05) is 25.0 Å². The van der Waals surface area contributed by atoms with E-state index >= 15 is 0 Å². The number of fused-ring (bicyclic) bond motifs is 1. The van der Waals surface area contributed by atoms with Crippen molar-refractivity contribution in [3.05, 3.63) is 17.8 Å². The van der Waals surface area contributed by atoms with E-state index in [9.17, 15) is 0 Å². The van der Waals surface area contributed by atoms with Gasteiger partial charge in [0.1, 0.15) is 12.1 Å². The highest BCUT2D eigenvalue weighted by Gasteiger charge is 2.09. The van der Waals surface area contributed by atoms with E-state index in [2.05, 4.69) is 46.3 Å². The van der Waals surface area contributed by atoms with Gasteiger partial charge in [0.05, 0.1) is 10.2 Å². The molecule has 0 saturated heterocycles. The van der Waals surface area contributed by atoms with E-state index in [1.165, 1.54) is 13.0 Å². The molecule has 5 heteroatoms. The molecule has 2 rings (SSSR count). The van der Waals surface area contributed by atoms with E-state index in [0.717, 1.165) is 35.5 Å². The van der Waals surface area contributed by atoms with Crippen LogP contribution in [0.2, 0.25) is 0 Å². The normalized spacial score (nSPS) is 13.0. The third-order valence-corrected chi connectivity index (χ3v) is 4.54. The first-order valence-corrected chi connectivity index (χ1v) is 8.29. The summed E-state index contributed by atoms with van der Waals surface area (Å²) in [6, 6.07) is 2.48. The summed E-state index contributed by atoms with van der Waals surface area (Å²) in [6.45, 7) is 10.1. The maximum atomic E-state index is 4.37. The zero-order valence-corrected chi connectivity index (χ0v) is 13.4. The Labute approximate surface area is 125 Å². The summed E-state index contributed by atoms with van der Waals surface area (Å²) in [5.41, 5.74) is 1.03. The van der Waals surface area contributed by atoms with Crippen molar-refractivity contribution in [2.24, 2.45) is 0 Å². The van der Waals surface area contributed by atoms with Crippen LogP contribution in [-0.4, -0.2) is 40.5 Å². The Balaban J connectivity index is 1.85. The quantitative estimate of drug-likeness (QED) is 0.807. The fourth-order valence-corrected chi connectivity index (χ4v) is 3.16. The van der Waals surface area contributed by atoms with Gasteiger partial charge in [-0.2, -0.15) is 0 Å². The van der Waals surface area contributed by atoms with Gasteiger partial charge in [-0.25, -0.2) is 9.97 Å². The lowest BCUT2D eigenvalue weighted by molar-refractivity contribution is 0.295. The Morgan fingerprint density at radius 1 is 1.30 bits per heavy atom. The molecule has 2 heterocycles. The third-order valence-electron chi connectivity index (χ3n) is 3.63. The molecule has 1 atom stereocenters. The lowest BCUT2D eigenvalue weighted by atomic mass is 10.1. The molecule has 110 valence electrons. The molecule has 0 fully saturated rings. The minimum absolute atomic E-state index is 0.436. The van der Waals surface area contributed by atoms with Crippen molar-refractivity contribution in [3.8, 4) is 0 Å². The van der Waals surface area contributed by atoms with Gasteiger partial charge in [0, 0.05) is 6.04 Å². The van der Waals surface area contributed by atoms with Crippen LogP contribution in [0.3, 0.4) is 0 Å². The largest absolute Gasteiger partial charge is 0.366 e. The van der Waals surface area contributed by atoms with Crippen LogP contribution in [0.1, 0.15) is 33.6 Å². The molecule has 0 aliphatic carbocycles.